The molecule has 21 heavy (non-hydrogen) atoms. The van der Waals surface area contributed by atoms with Crippen LogP contribution in [0.25, 0.3) is 0 Å². The number of carbonyl (C=O) groups is 1. The van der Waals surface area contributed by atoms with Gasteiger partial charge in [-0.3, -0.25) is 9.69 Å². The predicted molar refractivity (Wildman–Crippen MR) is 74.6 cm³/mol. The number of hydrogen-bond donors (Lipinski definition) is 1. The van der Waals surface area contributed by atoms with E-state index in [4.69, 9.17) is 0 Å². The van der Waals surface area contributed by atoms with Crippen molar-refractivity contribution in [1.29, 1.82) is 0 Å². The zero-order valence-corrected chi connectivity index (χ0v) is 12.2. The lowest BCUT2D eigenvalue weighted by Crippen LogP contribution is -2.51. The van der Waals surface area contributed by atoms with Crippen molar-refractivity contribution in [2.75, 3.05) is 26.2 Å². The first kappa shape index (κ1) is 15.9. The van der Waals surface area contributed by atoms with Crippen molar-refractivity contribution in [2.24, 2.45) is 0 Å². The summed E-state index contributed by atoms with van der Waals surface area (Å²) in [6, 6.07) is 3.42. The summed E-state index contributed by atoms with van der Waals surface area (Å²) in [6.07, 6.45) is -0.997. The standard InChI is InChI=1S/C15H20F2N2O2/c1-10(13-4-3-12(16)9-14(13)17)18-5-7-19(8-6-18)15(21)11(2)20/h3-4,9-11,20H,5-8H2,1-2H3. The summed E-state index contributed by atoms with van der Waals surface area (Å²) in [6.45, 7) is 5.49. The minimum Gasteiger partial charge on any atom is -0.384 e. The molecule has 2 unspecified atom stereocenters. The molecule has 0 bridgehead atoms. The van der Waals surface area contributed by atoms with Crippen molar-refractivity contribution >= 4 is 5.91 Å². The fourth-order valence-corrected chi connectivity index (χ4v) is 2.63. The zero-order chi connectivity index (χ0) is 15.6. The van der Waals surface area contributed by atoms with Crippen LogP contribution >= 0.6 is 0 Å². The Morgan fingerprint density at radius 3 is 2.33 bits per heavy atom. The molecule has 1 aromatic rings. The highest BCUT2D eigenvalue weighted by atomic mass is 19.1. The highest BCUT2D eigenvalue weighted by molar-refractivity contribution is 5.80. The number of benzene rings is 1. The molecule has 1 aliphatic heterocycles. The molecule has 1 amide bonds. The zero-order valence-electron chi connectivity index (χ0n) is 12.2. The van der Waals surface area contributed by atoms with Gasteiger partial charge in [0.15, 0.2) is 0 Å². The number of nitrogens with zero attached hydrogens (tertiary/aromatic N) is 2. The number of piperazine rings is 1. The van der Waals surface area contributed by atoms with Gasteiger partial charge in [-0.15, -0.1) is 0 Å². The first-order valence-electron chi connectivity index (χ1n) is 7.06. The topological polar surface area (TPSA) is 43.8 Å². The summed E-state index contributed by atoms with van der Waals surface area (Å²) >= 11 is 0. The SMILES string of the molecule is CC(O)C(=O)N1CCN(C(C)c2ccc(F)cc2F)CC1. The van der Waals surface area contributed by atoms with Gasteiger partial charge in [-0.05, 0) is 19.9 Å². The summed E-state index contributed by atoms with van der Waals surface area (Å²) in [5.41, 5.74) is 0.451. The number of halogens is 2. The second kappa shape index (κ2) is 6.49. The van der Waals surface area contributed by atoms with E-state index < -0.39 is 17.7 Å². The Balaban J connectivity index is 2.00. The van der Waals surface area contributed by atoms with Gasteiger partial charge in [0.2, 0.25) is 0 Å². The van der Waals surface area contributed by atoms with Gasteiger partial charge in [0.1, 0.15) is 17.7 Å². The monoisotopic (exact) mass is 298 g/mol. The molecule has 1 aliphatic rings. The van der Waals surface area contributed by atoms with Gasteiger partial charge >= 0.3 is 0 Å². The fraction of sp³-hybridized carbons (Fsp3) is 0.533. The molecule has 6 heteroatoms. The number of carbonyl (C=O) groups excluding carboxylic acids is 1. The Kier molecular flexibility index (Phi) is 4.90. The summed E-state index contributed by atoms with van der Waals surface area (Å²) < 4.78 is 26.7. The third-order valence-electron chi connectivity index (χ3n) is 3.94. The molecule has 2 atom stereocenters. The lowest BCUT2D eigenvalue weighted by atomic mass is 10.1. The van der Waals surface area contributed by atoms with Gasteiger partial charge in [0.05, 0.1) is 0 Å². The van der Waals surface area contributed by atoms with Gasteiger partial charge in [0.25, 0.3) is 5.91 Å². The van der Waals surface area contributed by atoms with Crippen LogP contribution in [0.3, 0.4) is 0 Å². The Bertz CT molecular complexity index is 514. The van der Waals surface area contributed by atoms with E-state index in [1.165, 1.54) is 19.1 Å². The van der Waals surface area contributed by atoms with Gasteiger partial charge in [-0.1, -0.05) is 6.07 Å². The van der Waals surface area contributed by atoms with E-state index in [1.54, 1.807) is 4.90 Å². The lowest BCUT2D eigenvalue weighted by molar-refractivity contribution is -0.141. The Hall–Kier alpha value is -1.53. The molecule has 4 nitrogen and oxygen atoms in total. The van der Waals surface area contributed by atoms with Crippen LogP contribution in [-0.4, -0.2) is 53.1 Å². The number of rotatable bonds is 3. The number of aliphatic hydroxyl groups is 1. The number of aliphatic hydroxyl groups excluding tert-OH is 1. The summed E-state index contributed by atoms with van der Waals surface area (Å²) in [7, 11) is 0. The quantitative estimate of drug-likeness (QED) is 0.921. The second-order valence-electron chi connectivity index (χ2n) is 5.38. The van der Waals surface area contributed by atoms with Gasteiger partial charge in [-0.25, -0.2) is 8.78 Å². The summed E-state index contributed by atoms with van der Waals surface area (Å²) in [5.74, 6) is -1.42. The molecule has 1 fully saturated rings. The molecule has 1 heterocycles. The Morgan fingerprint density at radius 2 is 1.81 bits per heavy atom. The molecular weight excluding hydrogens is 278 g/mol. The molecule has 0 aliphatic carbocycles. The minimum atomic E-state index is -0.997. The largest absolute Gasteiger partial charge is 0.384 e. The normalized spacial score (nSPS) is 19.4. The first-order chi connectivity index (χ1) is 9.90. The van der Waals surface area contributed by atoms with Gasteiger partial charge in [0, 0.05) is 43.9 Å². The van der Waals surface area contributed by atoms with Crippen molar-refractivity contribution in [3.05, 3.63) is 35.4 Å². The van der Waals surface area contributed by atoms with Crippen molar-refractivity contribution in [3.63, 3.8) is 0 Å². The first-order valence-corrected chi connectivity index (χ1v) is 7.06. The molecule has 0 saturated carbocycles. The molecule has 116 valence electrons. The van der Waals surface area contributed by atoms with E-state index in [0.717, 1.165) is 6.07 Å². The third kappa shape index (κ3) is 3.57. The molecule has 1 aromatic carbocycles. The van der Waals surface area contributed by atoms with Crippen LogP contribution in [0.2, 0.25) is 0 Å². The molecule has 2 rings (SSSR count). The third-order valence-corrected chi connectivity index (χ3v) is 3.94. The van der Waals surface area contributed by atoms with Crippen LogP contribution in [0, 0.1) is 11.6 Å². The van der Waals surface area contributed by atoms with Crippen LogP contribution in [0.4, 0.5) is 8.78 Å². The van der Waals surface area contributed by atoms with Gasteiger partial charge in [-0.2, -0.15) is 0 Å². The van der Waals surface area contributed by atoms with E-state index in [9.17, 15) is 18.7 Å². The van der Waals surface area contributed by atoms with Crippen LogP contribution in [0.5, 0.6) is 0 Å². The molecular formula is C15H20F2N2O2. The van der Waals surface area contributed by atoms with E-state index in [0.29, 0.717) is 31.7 Å². The second-order valence-corrected chi connectivity index (χ2v) is 5.38. The summed E-state index contributed by atoms with van der Waals surface area (Å²) in [4.78, 5) is 15.3. The molecule has 1 N–H and O–H groups in total. The van der Waals surface area contributed by atoms with E-state index in [2.05, 4.69) is 0 Å². The Morgan fingerprint density at radius 1 is 1.19 bits per heavy atom. The fourth-order valence-electron chi connectivity index (χ4n) is 2.63. The molecule has 1 saturated heterocycles. The van der Waals surface area contributed by atoms with Crippen molar-refractivity contribution in [2.45, 2.75) is 26.0 Å². The van der Waals surface area contributed by atoms with Crippen molar-refractivity contribution in [3.8, 4) is 0 Å². The maximum atomic E-state index is 13.8. The maximum Gasteiger partial charge on any atom is 0.251 e. The number of amides is 1. The smallest absolute Gasteiger partial charge is 0.251 e. The highest BCUT2D eigenvalue weighted by Crippen LogP contribution is 2.24. The predicted octanol–water partition coefficient (Wildman–Crippen LogP) is 1.55. The van der Waals surface area contributed by atoms with Crippen LogP contribution in [0.1, 0.15) is 25.5 Å². The molecule has 0 spiro atoms. The molecule has 0 radical (unpaired) electrons. The Labute approximate surface area is 123 Å². The van der Waals surface area contributed by atoms with Gasteiger partial charge < -0.3 is 10.0 Å². The van der Waals surface area contributed by atoms with Crippen LogP contribution in [-0.2, 0) is 4.79 Å². The average molecular weight is 298 g/mol. The van der Waals surface area contributed by atoms with E-state index >= 15 is 0 Å². The average Bonchev–Trinajstić information content (AvgIpc) is 2.46. The van der Waals surface area contributed by atoms with Crippen LogP contribution < -0.4 is 0 Å². The lowest BCUT2D eigenvalue weighted by Gasteiger charge is -2.38. The number of hydrogen-bond acceptors (Lipinski definition) is 3. The molecule has 0 aromatic heterocycles. The minimum absolute atomic E-state index is 0.186. The van der Waals surface area contributed by atoms with Crippen LogP contribution in [0.15, 0.2) is 18.2 Å². The van der Waals surface area contributed by atoms with Crippen molar-refractivity contribution < 1.29 is 18.7 Å². The highest BCUT2D eigenvalue weighted by Gasteiger charge is 2.27. The van der Waals surface area contributed by atoms with E-state index in [1.807, 2.05) is 11.8 Å². The van der Waals surface area contributed by atoms with E-state index in [-0.39, 0.29) is 11.9 Å². The summed E-state index contributed by atoms with van der Waals surface area (Å²) in [5, 5.41) is 9.30. The van der Waals surface area contributed by atoms with Crippen molar-refractivity contribution in [1.82, 2.24) is 9.80 Å². The maximum absolute atomic E-state index is 13.8.